The van der Waals surface area contributed by atoms with Gasteiger partial charge in [-0.05, 0) is 47.2 Å². The minimum atomic E-state index is -6.13. The zero-order chi connectivity index (χ0) is 61.0. The molecule has 0 saturated heterocycles. The normalized spacial score (nSPS) is 13.2. The SMILES string of the molecule is FC(F)(F)c1cc([B-](c2cc(C(F)(F)F)cc(C(F)(F)F)c2)(c2cc(C(F)(F)F)cc(C(F)(F)F)c2)c2cc(C(F)(F)F)cc(C(F)(F)F)c2)cc(C(F)(F)F)c1.O=C(C[n+]1ccncc1-c1ccc2ccccc2c1)c1ccccc1. The van der Waals surface area contributed by atoms with E-state index in [0.29, 0.717) is 0 Å². The van der Waals surface area contributed by atoms with E-state index >= 15 is 0 Å². The standard InChI is InChI=1S/C32H12BF24.C22H17N2O/c34-25(35,36)13-1-14(26(37,38)39)6-21(5-13)33(22-7-15(27(40,41)42)2-16(8-22)28(43,44)45,23-9-17(29(46,47)48)3-18(10-23)30(49,50)51)24-11-19(31(52,53)54)4-20(12-24)32(55,56)57;25-22(18-7-2-1-3-8-18)16-24-13-12-23-15-21(24)20-11-10-17-6-4-5-9-19(17)14-20/h1-12H;1-15H,16H2/q-1;+1. The Kier molecular flexibility index (Phi) is 16.3. The van der Waals surface area contributed by atoms with Gasteiger partial charge in [0.2, 0.25) is 18.0 Å². The van der Waals surface area contributed by atoms with Gasteiger partial charge in [-0.2, -0.15) is 132 Å². The van der Waals surface area contributed by atoms with Crippen LogP contribution < -0.4 is 26.4 Å². The van der Waals surface area contributed by atoms with E-state index in [0.717, 1.165) is 16.8 Å². The van der Waals surface area contributed by atoms with E-state index < -0.39 is 195 Å². The molecule has 0 fully saturated rings. The summed E-state index contributed by atoms with van der Waals surface area (Å²) in [6, 6.07) is 15.1. The van der Waals surface area contributed by atoms with Crippen LogP contribution in [0.4, 0.5) is 105 Å². The molecule has 8 aromatic rings. The van der Waals surface area contributed by atoms with Crippen molar-refractivity contribution >= 4 is 44.6 Å². The summed E-state index contributed by atoms with van der Waals surface area (Å²) in [6.07, 6.45) is -49.4. The predicted molar refractivity (Wildman–Crippen MR) is 248 cm³/mol. The Labute approximate surface area is 445 Å². The van der Waals surface area contributed by atoms with Gasteiger partial charge in [-0.1, -0.05) is 109 Å². The predicted octanol–water partition coefficient (Wildman–Crippen LogP) is 15.3. The first kappa shape index (κ1) is 61.6. The number of halogens is 24. The highest BCUT2D eigenvalue weighted by Gasteiger charge is 2.47. The average molecular weight is 1190 g/mol. The molecule has 0 radical (unpaired) electrons. The van der Waals surface area contributed by atoms with Crippen LogP contribution >= 0.6 is 0 Å². The molecule has 0 saturated carbocycles. The molecule has 0 unspecified atom stereocenters. The highest BCUT2D eigenvalue weighted by Crippen LogP contribution is 2.41. The Morgan fingerprint density at radius 2 is 0.671 bits per heavy atom. The summed E-state index contributed by atoms with van der Waals surface area (Å²) in [5.41, 5.74) is -27.5. The van der Waals surface area contributed by atoms with E-state index in [4.69, 9.17) is 0 Å². The summed E-state index contributed by atoms with van der Waals surface area (Å²) in [4.78, 5) is 16.8. The Morgan fingerprint density at radius 1 is 0.366 bits per heavy atom. The topological polar surface area (TPSA) is 33.8 Å². The molecule has 0 spiro atoms. The Bertz CT molecular complexity index is 3210. The number of aromatic nitrogens is 2. The van der Waals surface area contributed by atoms with Crippen LogP contribution in [0.25, 0.3) is 22.0 Å². The van der Waals surface area contributed by atoms with Crippen molar-refractivity contribution in [3.8, 4) is 11.3 Å². The Balaban J connectivity index is 0.000000318. The fourth-order valence-corrected chi connectivity index (χ4v) is 9.05. The largest absolute Gasteiger partial charge is 0.416 e. The van der Waals surface area contributed by atoms with Crippen LogP contribution in [-0.2, 0) is 56.0 Å². The monoisotopic (exact) mass is 1190 g/mol. The van der Waals surface area contributed by atoms with Gasteiger partial charge in [0.05, 0.1) is 56.9 Å². The minimum absolute atomic E-state index is 0.0823. The molecule has 8 rings (SSSR count). The van der Waals surface area contributed by atoms with Gasteiger partial charge in [0.15, 0.2) is 6.20 Å². The molecule has 28 heteroatoms. The first-order chi connectivity index (χ1) is 37.6. The fourth-order valence-electron chi connectivity index (χ4n) is 9.05. The van der Waals surface area contributed by atoms with Crippen molar-refractivity contribution in [1.82, 2.24) is 4.98 Å². The summed E-state index contributed by atoms with van der Waals surface area (Å²) < 4.78 is 343. The summed E-state index contributed by atoms with van der Waals surface area (Å²) >= 11 is 0. The van der Waals surface area contributed by atoms with Crippen molar-refractivity contribution in [2.24, 2.45) is 0 Å². The molecule has 0 aliphatic heterocycles. The average Bonchev–Trinajstić information content (AvgIpc) is 1.66. The number of nitrogens with zero attached hydrogens (tertiary/aromatic N) is 2. The number of ketones is 1. The van der Waals surface area contributed by atoms with Crippen LogP contribution in [0.1, 0.15) is 54.9 Å². The van der Waals surface area contributed by atoms with Crippen LogP contribution in [0.2, 0.25) is 0 Å². The second-order valence-corrected chi connectivity index (χ2v) is 18.2. The summed E-state index contributed by atoms with van der Waals surface area (Å²) in [6.45, 7) is 0.286. The minimum Gasteiger partial charge on any atom is -0.287 e. The number of fused-ring (bicyclic) bond motifs is 1. The van der Waals surface area contributed by atoms with Crippen LogP contribution in [0.15, 0.2) is 164 Å². The number of carbonyl (C=O) groups excluding carboxylic acids is 1. The molecule has 82 heavy (non-hydrogen) atoms. The lowest BCUT2D eigenvalue weighted by Crippen LogP contribution is -2.75. The van der Waals surface area contributed by atoms with Crippen molar-refractivity contribution in [3.63, 3.8) is 0 Å². The lowest BCUT2D eigenvalue weighted by molar-refractivity contribution is -0.672. The Hall–Kier alpha value is -8.07. The van der Waals surface area contributed by atoms with Crippen molar-refractivity contribution in [3.05, 3.63) is 214 Å². The third-order valence-electron chi connectivity index (χ3n) is 12.7. The number of rotatable bonds is 8. The van der Waals surface area contributed by atoms with Crippen LogP contribution in [-0.4, -0.2) is 16.9 Å². The number of Topliss-reactive ketones (excluding diaryl/α,β-unsaturated/α-hetero) is 1. The first-order valence-electron chi connectivity index (χ1n) is 22.8. The van der Waals surface area contributed by atoms with E-state index in [-0.39, 0.29) is 12.3 Å². The number of alkyl halides is 24. The highest BCUT2D eigenvalue weighted by molar-refractivity contribution is 7.20. The van der Waals surface area contributed by atoms with Gasteiger partial charge in [0.25, 0.3) is 0 Å². The van der Waals surface area contributed by atoms with Gasteiger partial charge < -0.3 is 0 Å². The van der Waals surface area contributed by atoms with Crippen LogP contribution in [0.5, 0.6) is 0 Å². The number of carbonyl (C=O) groups is 1. The maximum absolute atomic E-state index is 14.2. The molecular formula is C54H29BF24N2O. The second-order valence-electron chi connectivity index (χ2n) is 18.2. The molecule has 0 amide bonds. The molecule has 0 aliphatic rings. The molecule has 1 aromatic heterocycles. The van der Waals surface area contributed by atoms with Gasteiger partial charge >= 0.3 is 49.4 Å². The first-order valence-corrected chi connectivity index (χ1v) is 22.8. The number of hydrogen-bond acceptors (Lipinski definition) is 2. The van der Waals surface area contributed by atoms with Crippen molar-refractivity contribution in [1.29, 1.82) is 0 Å². The maximum atomic E-state index is 14.2. The number of benzene rings is 7. The molecule has 7 aromatic carbocycles. The number of hydrogen-bond donors (Lipinski definition) is 0. The maximum Gasteiger partial charge on any atom is 0.416 e. The van der Waals surface area contributed by atoms with E-state index in [2.05, 4.69) is 35.3 Å². The van der Waals surface area contributed by atoms with E-state index in [1.807, 2.05) is 59.4 Å². The third kappa shape index (κ3) is 13.6. The zero-order valence-electron chi connectivity index (χ0n) is 40.2. The zero-order valence-corrected chi connectivity index (χ0v) is 40.2. The van der Waals surface area contributed by atoms with E-state index in [1.165, 1.54) is 10.8 Å². The summed E-state index contributed by atoms with van der Waals surface area (Å²) in [5.74, 6) is 0.0823. The fraction of sp³-hybridized carbons (Fsp3) is 0.167. The Morgan fingerprint density at radius 3 is 0.988 bits per heavy atom. The quantitative estimate of drug-likeness (QED) is 0.0658. The van der Waals surface area contributed by atoms with Gasteiger partial charge in [-0.15, -0.1) is 0 Å². The molecule has 0 bridgehead atoms. The van der Waals surface area contributed by atoms with Crippen molar-refractivity contribution < 1.29 is 115 Å². The lowest BCUT2D eigenvalue weighted by atomic mass is 9.12. The lowest BCUT2D eigenvalue weighted by Gasteiger charge is -2.46. The van der Waals surface area contributed by atoms with Gasteiger partial charge in [-0.25, -0.2) is 0 Å². The second kappa shape index (κ2) is 21.7. The molecule has 0 atom stereocenters. The van der Waals surface area contributed by atoms with Crippen molar-refractivity contribution in [2.75, 3.05) is 0 Å². The van der Waals surface area contributed by atoms with E-state index in [9.17, 15) is 110 Å². The molecule has 432 valence electrons. The van der Waals surface area contributed by atoms with Gasteiger partial charge in [0.1, 0.15) is 6.15 Å². The van der Waals surface area contributed by atoms with E-state index in [1.54, 1.807) is 6.20 Å². The molecule has 3 nitrogen and oxygen atoms in total. The van der Waals surface area contributed by atoms with Crippen LogP contribution in [0.3, 0.4) is 0 Å². The molecule has 0 aliphatic carbocycles. The van der Waals surface area contributed by atoms with Gasteiger partial charge in [0, 0.05) is 11.1 Å². The molecular weight excluding hydrogens is 1160 g/mol. The summed E-state index contributed by atoms with van der Waals surface area (Å²) in [7, 11) is 0. The molecule has 1 heterocycles. The smallest absolute Gasteiger partial charge is 0.287 e. The van der Waals surface area contributed by atoms with Crippen molar-refractivity contribution in [2.45, 2.75) is 56.0 Å². The third-order valence-corrected chi connectivity index (χ3v) is 12.7. The summed E-state index contributed by atoms with van der Waals surface area (Å²) in [5, 5.41) is 2.37. The van der Waals surface area contributed by atoms with Gasteiger partial charge in [-0.3, -0.25) is 9.78 Å². The molecule has 0 N–H and O–H groups in total. The van der Waals surface area contributed by atoms with Crippen LogP contribution in [0, 0.1) is 0 Å². The highest BCUT2D eigenvalue weighted by atomic mass is 19.4.